The number of hydrogen-bond donors (Lipinski definition) is 1. The predicted molar refractivity (Wildman–Crippen MR) is 71.7 cm³/mol. The monoisotopic (exact) mass is 302 g/mol. The first-order valence-corrected chi connectivity index (χ1v) is 7.11. The lowest BCUT2D eigenvalue weighted by molar-refractivity contribution is 0.483. The molecule has 0 spiro atoms. The third-order valence-corrected chi connectivity index (χ3v) is 3.86. The topological polar surface area (TPSA) is 54.4 Å². The number of halogens is 2. The van der Waals surface area contributed by atoms with E-state index in [9.17, 15) is 13.0 Å². The molecule has 3 nitrogen and oxygen atoms in total. The van der Waals surface area contributed by atoms with Crippen molar-refractivity contribution in [3.63, 3.8) is 0 Å². The molecule has 0 unspecified atom stereocenters. The molecule has 0 fully saturated rings. The van der Waals surface area contributed by atoms with Crippen LogP contribution in [0, 0.1) is 0 Å². The van der Waals surface area contributed by atoms with Crippen LogP contribution in [0.25, 0.3) is 11.1 Å². The van der Waals surface area contributed by atoms with Crippen LogP contribution in [-0.2, 0) is 10.1 Å². The van der Waals surface area contributed by atoms with Gasteiger partial charge < -0.3 is 0 Å². The van der Waals surface area contributed by atoms with Gasteiger partial charge in [0.2, 0.25) is 0 Å². The van der Waals surface area contributed by atoms with Crippen LogP contribution in [0.15, 0.2) is 47.4 Å². The normalized spacial score (nSPS) is 11.5. The first-order chi connectivity index (χ1) is 8.39. The van der Waals surface area contributed by atoms with Crippen LogP contribution in [-0.4, -0.2) is 13.0 Å². The minimum Gasteiger partial charge on any atom is -0.282 e. The Morgan fingerprint density at radius 2 is 1.61 bits per heavy atom. The van der Waals surface area contributed by atoms with Crippen molar-refractivity contribution in [2.45, 2.75) is 4.90 Å². The SMILES string of the molecule is O=S(=O)(O)c1ccc(Cl)cc1-c1ccccc1Cl. The summed E-state index contributed by atoms with van der Waals surface area (Å²) in [5.74, 6) is 0. The summed E-state index contributed by atoms with van der Waals surface area (Å²) < 4.78 is 31.8. The van der Waals surface area contributed by atoms with Gasteiger partial charge >= 0.3 is 0 Å². The Morgan fingerprint density at radius 3 is 2.22 bits per heavy atom. The summed E-state index contributed by atoms with van der Waals surface area (Å²) in [7, 11) is -4.33. The minimum absolute atomic E-state index is 0.222. The maximum Gasteiger partial charge on any atom is 0.295 e. The summed E-state index contributed by atoms with van der Waals surface area (Å²) in [4.78, 5) is -0.222. The van der Waals surface area contributed by atoms with Crippen LogP contribution in [0.4, 0.5) is 0 Å². The van der Waals surface area contributed by atoms with Crippen molar-refractivity contribution in [3.05, 3.63) is 52.5 Å². The third kappa shape index (κ3) is 2.67. The summed E-state index contributed by atoms with van der Waals surface area (Å²) in [5, 5.41) is 0.738. The fourth-order valence-corrected chi connectivity index (χ4v) is 2.71. The van der Waals surface area contributed by atoms with Crippen LogP contribution >= 0.6 is 23.2 Å². The molecule has 2 aromatic carbocycles. The zero-order chi connectivity index (χ0) is 13.3. The van der Waals surface area contributed by atoms with E-state index in [0.29, 0.717) is 15.6 Å². The molecule has 0 aliphatic rings. The van der Waals surface area contributed by atoms with Crippen LogP contribution in [0.2, 0.25) is 10.0 Å². The largest absolute Gasteiger partial charge is 0.295 e. The van der Waals surface area contributed by atoms with Crippen molar-refractivity contribution in [1.82, 2.24) is 0 Å². The van der Waals surface area contributed by atoms with Gasteiger partial charge in [0.15, 0.2) is 0 Å². The molecule has 0 amide bonds. The fraction of sp³-hybridized carbons (Fsp3) is 0. The van der Waals surface area contributed by atoms with E-state index in [2.05, 4.69) is 0 Å². The maximum absolute atomic E-state index is 11.3. The standard InChI is InChI=1S/C12H8Cl2O3S/c13-8-5-6-12(18(15,16)17)10(7-8)9-3-1-2-4-11(9)14/h1-7H,(H,15,16,17). The minimum atomic E-state index is -4.33. The second-order valence-electron chi connectivity index (χ2n) is 3.60. The van der Waals surface area contributed by atoms with Crippen molar-refractivity contribution >= 4 is 33.3 Å². The van der Waals surface area contributed by atoms with Gasteiger partial charge in [0.05, 0.1) is 0 Å². The molecule has 0 bridgehead atoms. The Kier molecular flexibility index (Phi) is 3.64. The molecule has 0 aromatic heterocycles. The van der Waals surface area contributed by atoms with Gasteiger partial charge in [0.25, 0.3) is 10.1 Å². The van der Waals surface area contributed by atoms with Crippen LogP contribution in [0.3, 0.4) is 0 Å². The molecule has 0 saturated carbocycles. The van der Waals surface area contributed by atoms with E-state index in [1.807, 2.05) is 0 Å². The van der Waals surface area contributed by atoms with Gasteiger partial charge in [-0.1, -0.05) is 41.4 Å². The fourth-order valence-electron chi connectivity index (χ4n) is 1.62. The van der Waals surface area contributed by atoms with Gasteiger partial charge in [0.1, 0.15) is 4.90 Å². The van der Waals surface area contributed by atoms with Crippen molar-refractivity contribution in [2.24, 2.45) is 0 Å². The van der Waals surface area contributed by atoms with E-state index in [1.165, 1.54) is 18.2 Å². The first kappa shape index (κ1) is 13.4. The molecule has 94 valence electrons. The summed E-state index contributed by atoms with van der Waals surface area (Å²) >= 11 is 11.9. The number of hydrogen-bond acceptors (Lipinski definition) is 2. The molecule has 6 heteroatoms. The molecule has 1 N–H and O–H groups in total. The van der Waals surface area contributed by atoms with E-state index in [0.717, 1.165) is 0 Å². The Labute approximate surface area is 115 Å². The van der Waals surface area contributed by atoms with E-state index < -0.39 is 10.1 Å². The molecule has 0 saturated heterocycles. The van der Waals surface area contributed by atoms with Crippen molar-refractivity contribution < 1.29 is 13.0 Å². The Bertz CT molecular complexity index is 696. The first-order valence-electron chi connectivity index (χ1n) is 4.91. The predicted octanol–water partition coefficient (Wildman–Crippen LogP) is 3.91. The summed E-state index contributed by atoms with van der Waals surface area (Å²) in [6, 6.07) is 10.8. The van der Waals surface area contributed by atoms with Crippen molar-refractivity contribution in [1.29, 1.82) is 0 Å². The molecular weight excluding hydrogens is 295 g/mol. The molecule has 0 aliphatic carbocycles. The van der Waals surface area contributed by atoms with Crippen LogP contribution < -0.4 is 0 Å². The number of benzene rings is 2. The maximum atomic E-state index is 11.3. The zero-order valence-electron chi connectivity index (χ0n) is 8.97. The van der Waals surface area contributed by atoms with Gasteiger partial charge in [-0.2, -0.15) is 8.42 Å². The third-order valence-electron chi connectivity index (χ3n) is 2.38. The van der Waals surface area contributed by atoms with E-state index in [1.54, 1.807) is 24.3 Å². The highest BCUT2D eigenvalue weighted by Gasteiger charge is 2.18. The molecule has 0 radical (unpaired) electrons. The molecule has 0 heterocycles. The lowest BCUT2D eigenvalue weighted by atomic mass is 10.1. The second kappa shape index (κ2) is 4.90. The average molecular weight is 303 g/mol. The zero-order valence-corrected chi connectivity index (χ0v) is 11.3. The summed E-state index contributed by atoms with van der Waals surface area (Å²) in [6.45, 7) is 0. The molecule has 2 rings (SSSR count). The van der Waals surface area contributed by atoms with E-state index >= 15 is 0 Å². The van der Waals surface area contributed by atoms with Gasteiger partial charge in [-0.05, 0) is 24.3 Å². The van der Waals surface area contributed by atoms with Crippen molar-refractivity contribution in [3.8, 4) is 11.1 Å². The quantitative estimate of drug-likeness (QED) is 0.856. The van der Waals surface area contributed by atoms with Gasteiger partial charge in [-0.25, -0.2) is 0 Å². The molecular formula is C12H8Cl2O3S. The molecule has 18 heavy (non-hydrogen) atoms. The highest BCUT2D eigenvalue weighted by molar-refractivity contribution is 7.86. The van der Waals surface area contributed by atoms with Crippen LogP contribution in [0.1, 0.15) is 0 Å². The lowest BCUT2D eigenvalue weighted by Gasteiger charge is -2.09. The van der Waals surface area contributed by atoms with Gasteiger partial charge in [-0.3, -0.25) is 4.55 Å². The summed E-state index contributed by atoms with van der Waals surface area (Å²) in [6.07, 6.45) is 0. The number of rotatable bonds is 2. The van der Waals surface area contributed by atoms with Gasteiger partial charge in [-0.15, -0.1) is 0 Å². The highest BCUT2D eigenvalue weighted by atomic mass is 35.5. The molecule has 2 aromatic rings. The Morgan fingerprint density at radius 1 is 0.944 bits per heavy atom. The van der Waals surface area contributed by atoms with E-state index in [4.69, 9.17) is 23.2 Å². The van der Waals surface area contributed by atoms with E-state index in [-0.39, 0.29) is 10.5 Å². The highest BCUT2D eigenvalue weighted by Crippen LogP contribution is 2.34. The Balaban J connectivity index is 2.79. The second-order valence-corrected chi connectivity index (χ2v) is 5.83. The summed E-state index contributed by atoms with van der Waals surface area (Å²) in [5.41, 5.74) is 0.768. The van der Waals surface area contributed by atoms with Crippen LogP contribution in [0.5, 0.6) is 0 Å². The smallest absolute Gasteiger partial charge is 0.282 e. The molecule has 0 aliphatic heterocycles. The average Bonchev–Trinajstić information content (AvgIpc) is 2.27. The van der Waals surface area contributed by atoms with Crippen molar-refractivity contribution in [2.75, 3.05) is 0 Å². The lowest BCUT2D eigenvalue weighted by Crippen LogP contribution is -2.00. The molecule has 0 atom stereocenters. The van der Waals surface area contributed by atoms with Gasteiger partial charge in [0, 0.05) is 21.2 Å². The Hall–Kier alpha value is -1.07.